The number of carbonyl (C=O) groups is 3. The van der Waals surface area contributed by atoms with E-state index in [0.717, 1.165) is 4.88 Å². The van der Waals surface area contributed by atoms with Crippen LogP contribution >= 0.6 is 11.3 Å². The molecule has 0 bridgehead atoms. The first kappa shape index (κ1) is 21.5. The lowest BCUT2D eigenvalue weighted by atomic mass is 10.2. The summed E-state index contributed by atoms with van der Waals surface area (Å²) in [5, 5.41) is 8.49. The van der Waals surface area contributed by atoms with E-state index >= 15 is 0 Å². The molecule has 3 N–H and O–H groups in total. The van der Waals surface area contributed by atoms with Crippen molar-refractivity contribution in [2.45, 2.75) is 13.8 Å². The van der Waals surface area contributed by atoms with E-state index in [4.69, 9.17) is 4.74 Å². The molecule has 0 saturated heterocycles. The lowest BCUT2D eigenvalue weighted by Gasteiger charge is -2.13. The summed E-state index contributed by atoms with van der Waals surface area (Å²) in [5.41, 5.74) is 1.07. The first-order valence-electron chi connectivity index (χ1n) is 8.80. The second-order valence-electron chi connectivity index (χ2n) is 5.97. The molecule has 8 nitrogen and oxygen atoms in total. The number of hydrogen-bond acceptors (Lipinski definition) is 7. The SMILES string of the molecule is COCCNc1nc(-c2ccc(C(C)=O)s2)ccc1C(=O)NCCNC(C)=O. The van der Waals surface area contributed by atoms with E-state index in [0.29, 0.717) is 48.2 Å². The number of ether oxygens (including phenoxy) is 1. The van der Waals surface area contributed by atoms with E-state index in [1.807, 2.05) is 6.07 Å². The third-order valence-corrected chi connectivity index (χ3v) is 4.94. The highest BCUT2D eigenvalue weighted by atomic mass is 32.1. The van der Waals surface area contributed by atoms with Gasteiger partial charge in [0.25, 0.3) is 5.91 Å². The number of aromatic nitrogens is 1. The van der Waals surface area contributed by atoms with E-state index < -0.39 is 0 Å². The predicted molar refractivity (Wildman–Crippen MR) is 109 cm³/mol. The molecule has 0 atom stereocenters. The lowest BCUT2D eigenvalue weighted by Crippen LogP contribution is -2.34. The van der Waals surface area contributed by atoms with E-state index in [-0.39, 0.29) is 17.6 Å². The molecule has 0 aliphatic heterocycles. The van der Waals surface area contributed by atoms with E-state index in [1.165, 1.54) is 25.2 Å². The molecule has 0 aliphatic rings. The maximum Gasteiger partial charge on any atom is 0.255 e. The Bertz CT molecular complexity index is 850. The summed E-state index contributed by atoms with van der Waals surface area (Å²) in [4.78, 5) is 41.0. The lowest BCUT2D eigenvalue weighted by molar-refractivity contribution is -0.118. The maximum atomic E-state index is 12.5. The van der Waals surface area contributed by atoms with Gasteiger partial charge in [-0.15, -0.1) is 11.3 Å². The Morgan fingerprint density at radius 3 is 2.43 bits per heavy atom. The number of Topliss-reactive ketones (excluding diaryl/α,β-unsaturated/α-hetero) is 1. The molecule has 0 fully saturated rings. The van der Waals surface area contributed by atoms with Gasteiger partial charge in [-0.3, -0.25) is 14.4 Å². The van der Waals surface area contributed by atoms with Crippen LogP contribution in [0.1, 0.15) is 33.9 Å². The van der Waals surface area contributed by atoms with Gasteiger partial charge in [-0.25, -0.2) is 4.98 Å². The monoisotopic (exact) mass is 404 g/mol. The molecule has 2 rings (SSSR count). The van der Waals surface area contributed by atoms with Gasteiger partial charge in [-0.1, -0.05) is 0 Å². The van der Waals surface area contributed by atoms with Gasteiger partial charge in [-0.2, -0.15) is 0 Å². The van der Waals surface area contributed by atoms with Crippen LogP contribution in [0.5, 0.6) is 0 Å². The number of nitrogens with zero attached hydrogens (tertiary/aromatic N) is 1. The van der Waals surface area contributed by atoms with Crippen molar-refractivity contribution in [1.29, 1.82) is 0 Å². The highest BCUT2D eigenvalue weighted by Crippen LogP contribution is 2.29. The topological polar surface area (TPSA) is 109 Å². The number of rotatable bonds is 10. The summed E-state index contributed by atoms with van der Waals surface area (Å²) >= 11 is 1.36. The van der Waals surface area contributed by atoms with Gasteiger partial charge >= 0.3 is 0 Å². The van der Waals surface area contributed by atoms with Crippen molar-refractivity contribution < 1.29 is 19.1 Å². The van der Waals surface area contributed by atoms with Gasteiger partial charge in [0, 0.05) is 33.7 Å². The summed E-state index contributed by atoms with van der Waals surface area (Å²) in [6.07, 6.45) is 0. The summed E-state index contributed by atoms with van der Waals surface area (Å²) in [6.45, 7) is 4.55. The number of anilines is 1. The quantitative estimate of drug-likeness (QED) is 0.412. The van der Waals surface area contributed by atoms with Crippen molar-refractivity contribution in [3.05, 3.63) is 34.7 Å². The molecular formula is C19H24N4O4S. The maximum absolute atomic E-state index is 12.5. The minimum Gasteiger partial charge on any atom is -0.383 e. The zero-order valence-electron chi connectivity index (χ0n) is 16.1. The summed E-state index contributed by atoms with van der Waals surface area (Å²) < 4.78 is 5.04. The number of hydrogen-bond donors (Lipinski definition) is 3. The molecule has 0 unspecified atom stereocenters. The minimum absolute atomic E-state index is 0.00450. The van der Waals surface area contributed by atoms with E-state index in [2.05, 4.69) is 20.9 Å². The predicted octanol–water partition coefficient (Wildman–Crippen LogP) is 1.94. The molecule has 0 aromatic carbocycles. The highest BCUT2D eigenvalue weighted by molar-refractivity contribution is 7.17. The van der Waals surface area contributed by atoms with Gasteiger partial charge < -0.3 is 20.7 Å². The second-order valence-corrected chi connectivity index (χ2v) is 7.05. The largest absolute Gasteiger partial charge is 0.383 e. The zero-order valence-corrected chi connectivity index (χ0v) is 16.9. The van der Waals surface area contributed by atoms with Crippen molar-refractivity contribution in [3.8, 4) is 10.6 Å². The van der Waals surface area contributed by atoms with Crippen LogP contribution in [0.2, 0.25) is 0 Å². The number of methoxy groups -OCH3 is 1. The van der Waals surface area contributed by atoms with Gasteiger partial charge in [0.2, 0.25) is 5.91 Å². The molecule has 0 radical (unpaired) electrons. The average molecular weight is 404 g/mol. The molecule has 2 amide bonds. The normalized spacial score (nSPS) is 10.4. The molecule has 0 spiro atoms. The Labute approximate surface area is 167 Å². The van der Waals surface area contributed by atoms with Crippen molar-refractivity contribution in [2.24, 2.45) is 0 Å². The van der Waals surface area contributed by atoms with Crippen LogP contribution in [-0.2, 0) is 9.53 Å². The number of ketones is 1. The smallest absolute Gasteiger partial charge is 0.255 e. The van der Waals surface area contributed by atoms with Crippen molar-refractivity contribution >= 4 is 34.8 Å². The van der Waals surface area contributed by atoms with Gasteiger partial charge in [0.05, 0.1) is 27.6 Å². The van der Waals surface area contributed by atoms with Crippen LogP contribution in [-0.4, -0.2) is 55.9 Å². The van der Waals surface area contributed by atoms with E-state index in [1.54, 1.807) is 25.3 Å². The van der Waals surface area contributed by atoms with Gasteiger partial charge in [0.15, 0.2) is 5.78 Å². The van der Waals surface area contributed by atoms with Crippen LogP contribution in [0.4, 0.5) is 5.82 Å². The highest BCUT2D eigenvalue weighted by Gasteiger charge is 2.15. The van der Waals surface area contributed by atoms with Crippen molar-refractivity contribution in [3.63, 3.8) is 0 Å². The number of pyridine rings is 1. The Hall–Kier alpha value is -2.78. The van der Waals surface area contributed by atoms with Gasteiger partial charge in [-0.05, 0) is 31.2 Å². The first-order chi connectivity index (χ1) is 13.4. The number of carbonyl (C=O) groups excluding carboxylic acids is 3. The Morgan fingerprint density at radius 2 is 1.79 bits per heavy atom. The van der Waals surface area contributed by atoms with Gasteiger partial charge in [0.1, 0.15) is 5.82 Å². The van der Waals surface area contributed by atoms with Crippen LogP contribution < -0.4 is 16.0 Å². The van der Waals surface area contributed by atoms with Crippen LogP contribution in [0.25, 0.3) is 10.6 Å². The summed E-state index contributed by atoms with van der Waals surface area (Å²) in [6, 6.07) is 7.05. The fourth-order valence-corrected chi connectivity index (χ4v) is 3.23. The number of nitrogens with one attached hydrogen (secondary N) is 3. The van der Waals surface area contributed by atoms with Crippen LogP contribution in [0, 0.1) is 0 Å². The molecule has 150 valence electrons. The molecule has 2 aromatic heterocycles. The summed E-state index contributed by atoms with van der Waals surface area (Å²) in [5.74, 6) is -0.00259. The zero-order chi connectivity index (χ0) is 20.5. The minimum atomic E-state index is -0.292. The Kier molecular flexibility index (Phi) is 8.09. The summed E-state index contributed by atoms with van der Waals surface area (Å²) in [7, 11) is 1.59. The Balaban J connectivity index is 2.19. The molecular weight excluding hydrogens is 380 g/mol. The fourth-order valence-electron chi connectivity index (χ4n) is 2.36. The third-order valence-electron chi connectivity index (χ3n) is 3.73. The molecule has 9 heteroatoms. The third kappa shape index (κ3) is 6.14. The van der Waals surface area contributed by atoms with E-state index in [9.17, 15) is 14.4 Å². The van der Waals surface area contributed by atoms with Crippen molar-refractivity contribution in [2.75, 3.05) is 38.7 Å². The fraction of sp³-hybridized carbons (Fsp3) is 0.368. The second kappa shape index (κ2) is 10.5. The first-order valence-corrected chi connectivity index (χ1v) is 9.61. The number of thiophene rings is 1. The molecule has 2 aromatic rings. The molecule has 0 saturated carbocycles. The van der Waals surface area contributed by atoms with Crippen LogP contribution in [0.3, 0.4) is 0 Å². The number of amides is 2. The van der Waals surface area contributed by atoms with Crippen LogP contribution in [0.15, 0.2) is 24.3 Å². The molecule has 28 heavy (non-hydrogen) atoms. The molecule has 0 aliphatic carbocycles. The standard InChI is InChI=1S/C19H24N4O4S/c1-12(24)16-6-7-17(28-16)15-5-4-14(18(23-15)21-10-11-27-3)19(26)22-9-8-20-13(2)25/h4-7H,8-11H2,1-3H3,(H,20,25)(H,21,23)(H,22,26). The average Bonchev–Trinajstić information content (AvgIpc) is 3.15. The van der Waals surface area contributed by atoms with Crippen molar-refractivity contribution in [1.82, 2.24) is 15.6 Å². The molecule has 2 heterocycles. The Morgan fingerprint density at radius 1 is 1.04 bits per heavy atom.